The Morgan fingerprint density at radius 2 is 1.58 bits per heavy atom. The minimum Gasteiger partial charge on any atom is -0.456 e. The van der Waals surface area contributed by atoms with Crippen molar-refractivity contribution in [1.82, 2.24) is 0 Å². The van der Waals surface area contributed by atoms with Gasteiger partial charge in [0.1, 0.15) is 17.2 Å². The standard InChI is InChI=1S/C13H8ClF3O2/c14-11-6-1-2-7-12(11)18-9-4-3-5-10(8-9)19-13(15,16)17/h1-8H. The first kappa shape index (κ1) is 13.5. The molecule has 0 atom stereocenters. The van der Waals surface area contributed by atoms with Crippen molar-refractivity contribution >= 4 is 11.6 Å². The van der Waals surface area contributed by atoms with Crippen LogP contribution >= 0.6 is 11.6 Å². The van der Waals surface area contributed by atoms with Crippen LogP contribution in [0.3, 0.4) is 0 Å². The van der Waals surface area contributed by atoms with E-state index in [9.17, 15) is 13.2 Å². The second kappa shape index (κ2) is 5.40. The molecule has 0 aromatic heterocycles. The van der Waals surface area contributed by atoms with Gasteiger partial charge in [-0.25, -0.2) is 0 Å². The first-order valence-electron chi connectivity index (χ1n) is 5.22. The van der Waals surface area contributed by atoms with Gasteiger partial charge in [-0.05, 0) is 24.3 Å². The number of para-hydroxylation sites is 1. The van der Waals surface area contributed by atoms with Gasteiger partial charge in [-0.1, -0.05) is 29.8 Å². The van der Waals surface area contributed by atoms with E-state index >= 15 is 0 Å². The van der Waals surface area contributed by atoms with Gasteiger partial charge in [-0.3, -0.25) is 0 Å². The van der Waals surface area contributed by atoms with Crippen molar-refractivity contribution in [3.63, 3.8) is 0 Å². The van der Waals surface area contributed by atoms with E-state index in [1.807, 2.05) is 0 Å². The van der Waals surface area contributed by atoms with Gasteiger partial charge in [0.25, 0.3) is 0 Å². The molecule has 0 saturated carbocycles. The van der Waals surface area contributed by atoms with E-state index in [2.05, 4.69) is 4.74 Å². The van der Waals surface area contributed by atoms with E-state index in [1.165, 1.54) is 18.2 Å². The fourth-order valence-corrected chi connectivity index (χ4v) is 1.56. The molecule has 0 heterocycles. The zero-order valence-electron chi connectivity index (χ0n) is 9.45. The molecule has 0 fully saturated rings. The molecule has 19 heavy (non-hydrogen) atoms. The summed E-state index contributed by atoms with van der Waals surface area (Å²) < 4.78 is 45.4. The molecule has 0 aliphatic heterocycles. The lowest BCUT2D eigenvalue weighted by molar-refractivity contribution is -0.274. The van der Waals surface area contributed by atoms with Gasteiger partial charge in [-0.15, -0.1) is 13.2 Å². The molecule has 0 unspecified atom stereocenters. The first-order valence-corrected chi connectivity index (χ1v) is 5.60. The number of halogens is 4. The summed E-state index contributed by atoms with van der Waals surface area (Å²) in [6.07, 6.45) is -4.73. The minimum absolute atomic E-state index is 0.204. The Balaban J connectivity index is 2.18. The summed E-state index contributed by atoms with van der Waals surface area (Å²) in [5.74, 6) is 0.209. The maximum Gasteiger partial charge on any atom is 0.573 e. The van der Waals surface area contributed by atoms with Crippen molar-refractivity contribution in [3.8, 4) is 17.2 Å². The number of rotatable bonds is 3. The maximum absolute atomic E-state index is 12.1. The molecule has 100 valence electrons. The highest BCUT2D eigenvalue weighted by atomic mass is 35.5. The van der Waals surface area contributed by atoms with E-state index in [4.69, 9.17) is 16.3 Å². The Bertz CT molecular complexity index is 570. The van der Waals surface area contributed by atoms with E-state index in [0.29, 0.717) is 10.8 Å². The van der Waals surface area contributed by atoms with E-state index in [0.717, 1.165) is 6.07 Å². The van der Waals surface area contributed by atoms with E-state index in [1.54, 1.807) is 24.3 Å². The van der Waals surface area contributed by atoms with Crippen molar-refractivity contribution in [3.05, 3.63) is 53.6 Å². The van der Waals surface area contributed by atoms with Crippen LogP contribution in [-0.4, -0.2) is 6.36 Å². The number of benzene rings is 2. The molecule has 0 radical (unpaired) electrons. The summed E-state index contributed by atoms with van der Waals surface area (Å²) in [6, 6.07) is 11.9. The molecule has 2 aromatic rings. The Morgan fingerprint density at radius 1 is 0.895 bits per heavy atom. The van der Waals surface area contributed by atoms with Gasteiger partial charge < -0.3 is 9.47 Å². The van der Waals surface area contributed by atoms with Crippen LogP contribution in [0.2, 0.25) is 5.02 Å². The van der Waals surface area contributed by atoms with E-state index < -0.39 is 6.36 Å². The van der Waals surface area contributed by atoms with Gasteiger partial charge in [0.2, 0.25) is 0 Å². The Kier molecular flexibility index (Phi) is 3.85. The second-order valence-corrected chi connectivity index (χ2v) is 3.96. The summed E-state index contributed by atoms with van der Waals surface area (Å²) in [4.78, 5) is 0. The predicted molar refractivity (Wildman–Crippen MR) is 64.7 cm³/mol. The predicted octanol–water partition coefficient (Wildman–Crippen LogP) is 5.03. The van der Waals surface area contributed by atoms with Gasteiger partial charge in [-0.2, -0.15) is 0 Å². The molecule has 0 aliphatic rings. The van der Waals surface area contributed by atoms with Crippen molar-refractivity contribution < 1.29 is 22.6 Å². The third-order valence-electron chi connectivity index (χ3n) is 2.10. The molecule has 0 spiro atoms. The van der Waals surface area contributed by atoms with Crippen LogP contribution in [0.25, 0.3) is 0 Å². The molecule has 2 rings (SSSR count). The number of ether oxygens (including phenoxy) is 2. The summed E-state index contributed by atoms with van der Waals surface area (Å²) in [7, 11) is 0. The third-order valence-corrected chi connectivity index (χ3v) is 2.42. The zero-order valence-corrected chi connectivity index (χ0v) is 10.2. The SMILES string of the molecule is FC(F)(F)Oc1cccc(Oc2ccccc2Cl)c1. The summed E-state index contributed by atoms with van der Waals surface area (Å²) in [5, 5.41) is 0.365. The Hall–Kier alpha value is -1.88. The molecule has 0 N–H and O–H groups in total. The summed E-state index contributed by atoms with van der Waals surface area (Å²) >= 11 is 5.88. The maximum atomic E-state index is 12.1. The van der Waals surface area contributed by atoms with Gasteiger partial charge >= 0.3 is 6.36 Å². The lowest BCUT2D eigenvalue weighted by Gasteiger charge is -2.11. The quantitative estimate of drug-likeness (QED) is 0.788. The van der Waals surface area contributed by atoms with Crippen molar-refractivity contribution in [1.29, 1.82) is 0 Å². The summed E-state index contributed by atoms with van der Waals surface area (Å²) in [5.41, 5.74) is 0. The second-order valence-electron chi connectivity index (χ2n) is 3.56. The molecule has 0 aliphatic carbocycles. The molecule has 0 bridgehead atoms. The normalized spacial score (nSPS) is 11.2. The Labute approximate surface area is 112 Å². The average Bonchev–Trinajstić information content (AvgIpc) is 2.30. The van der Waals surface area contributed by atoms with Crippen LogP contribution in [0.15, 0.2) is 48.5 Å². The fraction of sp³-hybridized carbons (Fsp3) is 0.0769. The molecule has 2 aromatic carbocycles. The highest BCUT2D eigenvalue weighted by molar-refractivity contribution is 6.32. The van der Waals surface area contributed by atoms with Gasteiger partial charge in [0, 0.05) is 6.07 Å². The fourth-order valence-electron chi connectivity index (χ4n) is 1.39. The number of hydrogen-bond donors (Lipinski definition) is 0. The highest BCUT2D eigenvalue weighted by Gasteiger charge is 2.31. The minimum atomic E-state index is -4.73. The monoisotopic (exact) mass is 288 g/mol. The largest absolute Gasteiger partial charge is 0.573 e. The summed E-state index contributed by atoms with van der Waals surface area (Å²) in [6.45, 7) is 0. The number of alkyl halides is 3. The van der Waals surface area contributed by atoms with Crippen molar-refractivity contribution in [2.24, 2.45) is 0 Å². The van der Waals surface area contributed by atoms with Crippen LogP contribution < -0.4 is 9.47 Å². The molecular formula is C13H8ClF3O2. The smallest absolute Gasteiger partial charge is 0.456 e. The van der Waals surface area contributed by atoms with Crippen LogP contribution in [0, 0.1) is 0 Å². The molecule has 6 heteroatoms. The first-order chi connectivity index (χ1) is 8.94. The third kappa shape index (κ3) is 4.06. The zero-order chi connectivity index (χ0) is 13.9. The Morgan fingerprint density at radius 3 is 2.26 bits per heavy atom. The number of hydrogen-bond acceptors (Lipinski definition) is 2. The lowest BCUT2D eigenvalue weighted by Crippen LogP contribution is -2.17. The molecule has 0 saturated heterocycles. The van der Waals surface area contributed by atoms with Gasteiger partial charge in [0.05, 0.1) is 5.02 Å². The van der Waals surface area contributed by atoms with Crippen LogP contribution in [0.1, 0.15) is 0 Å². The van der Waals surface area contributed by atoms with Crippen LogP contribution in [0.4, 0.5) is 13.2 Å². The van der Waals surface area contributed by atoms with Crippen molar-refractivity contribution in [2.45, 2.75) is 6.36 Å². The molecular weight excluding hydrogens is 281 g/mol. The molecule has 0 amide bonds. The highest BCUT2D eigenvalue weighted by Crippen LogP contribution is 2.31. The van der Waals surface area contributed by atoms with Crippen LogP contribution in [0.5, 0.6) is 17.2 Å². The molecule has 2 nitrogen and oxygen atoms in total. The van der Waals surface area contributed by atoms with Crippen LogP contribution in [-0.2, 0) is 0 Å². The topological polar surface area (TPSA) is 18.5 Å². The van der Waals surface area contributed by atoms with E-state index in [-0.39, 0.29) is 11.5 Å². The lowest BCUT2D eigenvalue weighted by atomic mass is 10.3. The average molecular weight is 289 g/mol. The van der Waals surface area contributed by atoms with Crippen molar-refractivity contribution in [2.75, 3.05) is 0 Å². The van der Waals surface area contributed by atoms with Gasteiger partial charge in [0.15, 0.2) is 0 Å².